The minimum Gasteiger partial charge on any atom is -0.481 e. The average molecular weight is 465 g/mol. The summed E-state index contributed by atoms with van der Waals surface area (Å²) in [6.07, 6.45) is 3.45. The van der Waals surface area contributed by atoms with Gasteiger partial charge >= 0.3 is 5.97 Å². The summed E-state index contributed by atoms with van der Waals surface area (Å²) in [5.74, 6) is -2.72. The molecule has 4 aromatic rings. The number of halogens is 2. The highest BCUT2D eigenvalue weighted by atomic mass is 19.1. The van der Waals surface area contributed by atoms with Gasteiger partial charge in [0.1, 0.15) is 17.4 Å². The first-order valence-electron chi connectivity index (χ1n) is 11.0. The zero-order valence-corrected chi connectivity index (χ0v) is 18.0. The van der Waals surface area contributed by atoms with Crippen LogP contribution in [-0.4, -0.2) is 32.1 Å². The van der Waals surface area contributed by atoms with Crippen LogP contribution in [0.25, 0.3) is 33.3 Å². The zero-order valence-electron chi connectivity index (χ0n) is 18.0. The number of aliphatic carboxylic acids is 1. The topological polar surface area (TPSA) is 108 Å². The molecule has 2 heterocycles. The number of carbonyl (C=O) groups is 1. The van der Waals surface area contributed by atoms with E-state index in [9.17, 15) is 14.0 Å². The number of rotatable bonds is 5. The van der Waals surface area contributed by atoms with Crippen molar-refractivity contribution >= 4 is 17.0 Å². The summed E-state index contributed by atoms with van der Waals surface area (Å²) >= 11 is 0. The lowest BCUT2D eigenvalue weighted by molar-refractivity contribution is -0.143. The van der Waals surface area contributed by atoms with Crippen LogP contribution in [0.3, 0.4) is 0 Å². The second-order valence-electron chi connectivity index (χ2n) is 8.43. The third kappa shape index (κ3) is 4.16. The molecule has 0 unspecified atom stereocenters. The smallest absolute Gasteiger partial charge is 0.306 e. The Kier molecular flexibility index (Phi) is 5.61. The van der Waals surface area contributed by atoms with Crippen molar-refractivity contribution in [3.63, 3.8) is 0 Å². The molecule has 0 spiro atoms. The fraction of sp³-hybridized carbons (Fsp3) is 0.240. The summed E-state index contributed by atoms with van der Waals surface area (Å²) in [4.78, 5) is 32.0. The van der Waals surface area contributed by atoms with E-state index in [2.05, 4.69) is 15.0 Å². The fourth-order valence-electron chi connectivity index (χ4n) is 4.38. The predicted octanol–water partition coefficient (Wildman–Crippen LogP) is 4.89. The Morgan fingerprint density at radius 3 is 2.32 bits per heavy atom. The van der Waals surface area contributed by atoms with Crippen LogP contribution in [0.4, 0.5) is 8.78 Å². The maximum absolute atomic E-state index is 15.3. The van der Waals surface area contributed by atoms with E-state index in [0.717, 1.165) is 11.1 Å². The van der Waals surface area contributed by atoms with Crippen LogP contribution in [0.1, 0.15) is 25.7 Å². The van der Waals surface area contributed by atoms with Gasteiger partial charge in [0, 0.05) is 18.3 Å². The van der Waals surface area contributed by atoms with Gasteiger partial charge in [0.15, 0.2) is 5.82 Å². The number of hydrogen-bond acceptors (Lipinski definition) is 4. The maximum Gasteiger partial charge on any atom is 0.306 e. The Balaban J connectivity index is 1.40. The van der Waals surface area contributed by atoms with Crippen molar-refractivity contribution in [1.82, 2.24) is 15.0 Å². The maximum atomic E-state index is 15.3. The lowest BCUT2D eigenvalue weighted by Crippen LogP contribution is -2.28. The Morgan fingerprint density at radius 2 is 1.68 bits per heavy atom. The number of aromatic nitrogens is 3. The Hall–Kier alpha value is -4.01. The van der Waals surface area contributed by atoms with Crippen molar-refractivity contribution < 1.29 is 23.4 Å². The van der Waals surface area contributed by atoms with Gasteiger partial charge in [-0.2, -0.15) is 4.98 Å². The van der Waals surface area contributed by atoms with Crippen molar-refractivity contribution in [1.29, 1.82) is 0 Å². The summed E-state index contributed by atoms with van der Waals surface area (Å²) in [6.45, 7) is 0. The molecule has 3 N–H and O–H groups in total. The molecule has 0 bridgehead atoms. The van der Waals surface area contributed by atoms with E-state index in [0.29, 0.717) is 31.2 Å². The number of nitrogens with one attached hydrogen (secondary N) is 2. The summed E-state index contributed by atoms with van der Waals surface area (Å²) in [6, 6.07) is 11.0. The van der Waals surface area contributed by atoms with Crippen LogP contribution < -0.4 is 10.3 Å². The molecule has 0 aliphatic heterocycles. The van der Waals surface area contributed by atoms with Crippen LogP contribution in [0, 0.1) is 17.6 Å². The van der Waals surface area contributed by atoms with E-state index in [-0.39, 0.29) is 40.2 Å². The van der Waals surface area contributed by atoms with Gasteiger partial charge in [-0.3, -0.25) is 9.59 Å². The second kappa shape index (κ2) is 8.74. The lowest BCUT2D eigenvalue weighted by Gasteiger charge is -2.25. The fourth-order valence-corrected chi connectivity index (χ4v) is 4.38. The third-order valence-electron chi connectivity index (χ3n) is 6.24. The van der Waals surface area contributed by atoms with Gasteiger partial charge in [-0.25, -0.2) is 8.78 Å². The minimum absolute atomic E-state index is 0.0321. The monoisotopic (exact) mass is 465 g/mol. The molecule has 1 aliphatic rings. The van der Waals surface area contributed by atoms with Gasteiger partial charge in [-0.15, -0.1) is 0 Å². The van der Waals surface area contributed by atoms with Gasteiger partial charge in [0.05, 0.1) is 17.0 Å². The van der Waals surface area contributed by atoms with E-state index in [1.165, 1.54) is 12.1 Å². The van der Waals surface area contributed by atoms with Gasteiger partial charge in [0.2, 0.25) is 5.56 Å². The number of pyridine rings is 1. The summed E-state index contributed by atoms with van der Waals surface area (Å²) < 4.78 is 36.0. The van der Waals surface area contributed by atoms with Gasteiger partial charge < -0.3 is 19.8 Å². The normalized spacial score (nSPS) is 18.2. The molecule has 1 fully saturated rings. The zero-order chi connectivity index (χ0) is 23.8. The number of aromatic amines is 2. The van der Waals surface area contributed by atoms with E-state index in [1.807, 2.05) is 0 Å². The molecule has 2 aromatic heterocycles. The van der Waals surface area contributed by atoms with Crippen LogP contribution in [0.2, 0.25) is 0 Å². The lowest BCUT2D eigenvalue weighted by atomic mass is 9.87. The second-order valence-corrected chi connectivity index (χ2v) is 8.43. The molecule has 5 rings (SSSR count). The Bertz CT molecular complexity index is 1400. The van der Waals surface area contributed by atoms with Crippen LogP contribution in [0.15, 0.2) is 53.5 Å². The Morgan fingerprint density at radius 1 is 1.00 bits per heavy atom. The molecule has 0 amide bonds. The molecule has 0 radical (unpaired) electrons. The van der Waals surface area contributed by atoms with Gasteiger partial charge in [0.25, 0.3) is 6.01 Å². The highest BCUT2D eigenvalue weighted by molar-refractivity contribution is 5.84. The minimum atomic E-state index is -0.806. The number of H-pyrrole nitrogens is 2. The average Bonchev–Trinajstić information content (AvgIpc) is 3.23. The number of benzene rings is 2. The quantitative estimate of drug-likeness (QED) is 0.389. The molecule has 0 atom stereocenters. The third-order valence-corrected chi connectivity index (χ3v) is 6.24. The first-order chi connectivity index (χ1) is 16.4. The first kappa shape index (κ1) is 21.8. The SMILES string of the molecule is O=C(O)C1CCC(Oc2nc3c(F)c(-c4ccc(-c5ccc(=O)[nH]c5)cc4)c(F)cc3[nH]2)CC1. The van der Waals surface area contributed by atoms with Crippen LogP contribution in [-0.2, 0) is 4.79 Å². The summed E-state index contributed by atoms with van der Waals surface area (Å²) in [7, 11) is 0. The van der Waals surface area contributed by atoms with Crippen molar-refractivity contribution in [2.45, 2.75) is 31.8 Å². The molecule has 1 saturated carbocycles. The number of hydrogen-bond donors (Lipinski definition) is 3. The molecular weight excluding hydrogens is 444 g/mol. The van der Waals surface area contributed by atoms with E-state index in [4.69, 9.17) is 9.84 Å². The van der Waals surface area contributed by atoms with Crippen LogP contribution in [0.5, 0.6) is 6.01 Å². The molecule has 174 valence electrons. The molecule has 34 heavy (non-hydrogen) atoms. The van der Waals surface area contributed by atoms with Gasteiger partial charge in [-0.1, -0.05) is 24.3 Å². The van der Waals surface area contributed by atoms with E-state index in [1.54, 1.807) is 36.5 Å². The molecule has 1 aliphatic carbocycles. The van der Waals surface area contributed by atoms with E-state index < -0.39 is 17.6 Å². The standard InChI is InChI=1S/C25H21F2N3O4/c26-18-11-19-23(30-25(29-19)34-17-8-5-15(6-9-17)24(32)33)22(27)21(18)14-3-1-13(2-4-14)16-7-10-20(31)28-12-16/h1-4,7,10-12,15,17H,5-6,8-9H2,(H,28,31)(H,29,30)(H,32,33). The predicted molar refractivity (Wildman–Crippen MR) is 122 cm³/mol. The number of carboxylic acid groups (broad SMARTS) is 1. The first-order valence-corrected chi connectivity index (χ1v) is 11.0. The number of carboxylic acids is 1. The highest BCUT2D eigenvalue weighted by Crippen LogP contribution is 2.34. The molecule has 7 nitrogen and oxygen atoms in total. The number of ether oxygens (including phenoxy) is 1. The highest BCUT2D eigenvalue weighted by Gasteiger charge is 2.28. The van der Waals surface area contributed by atoms with Gasteiger partial charge in [-0.05, 0) is 48.4 Å². The van der Waals surface area contributed by atoms with Crippen molar-refractivity contribution in [3.05, 3.63) is 70.6 Å². The molecule has 9 heteroatoms. The van der Waals surface area contributed by atoms with Crippen LogP contribution >= 0.6 is 0 Å². The Labute approximate surface area is 192 Å². The molecule has 0 saturated heterocycles. The van der Waals surface area contributed by atoms with Crippen molar-refractivity contribution in [2.24, 2.45) is 5.92 Å². The largest absolute Gasteiger partial charge is 0.481 e. The molecular formula is C25H21F2N3O4. The number of imidazole rings is 1. The van der Waals surface area contributed by atoms with E-state index >= 15 is 4.39 Å². The number of fused-ring (bicyclic) bond motifs is 1. The van der Waals surface area contributed by atoms with Crippen molar-refractivity contribution in [3.8, 4) is 28.3 Å². The summed E-state index contributed by atoms with van der Waals surface area (Å²) in [5, 5.41) is 9.12. The molecule has 2 aromatic carbocycles. The van der Waals surface area contributed by atoms with Crippen molar-refractivity contribution in [2.75, 3.05) is 0 Å². The summed E-state index contributed by atoms with van der Waals surface area (Å²) in [5.41, 5.74) is 1.65. The number of nitrogens with zero attached hydrogens (tertiary/aromatic N) is 1.